The standard InChI is InChI=1S/C17H17IN2O3S/c18-15-7-4-8-16(13-15)20-17(21)9-11-19-24(22,23)12-10-14-5-2-1-3-6-14/h1-8,10,12-13,19H,9,11H2,(H,20,21)/b12-10+. The number of halogens is 1. The van der Waals surface area contributed by atoms with Crippen LogP contribution in [0, 0.1) is 3.57 Å². The maximum Gasteiger partial charge on any atom is 0.233 e. The molecule has 0 aliphatic heterocycles. The Morgan fingerprint density at radius 2 is 1.83 bits per heavy atom. The molecule has 0 spiro atoms. The van der Waals surface area contributed by atoms with Gasteiger partial charge in [-0.25, -0.2) is 13.1 Å². The lowest BCUT2D eigenvalue weighted by Gasteiger charge is -2.06. The number of amides is 1. The molecule has 0 aliphatic carbocycles. The van der Waals surface area contributed by atoms with E-state index in [9.17, 15) is 13.2 Å². The maximum atomic E-state index is 11.9. The van der Waals surface area contributed by atoms with Gasteiger partial charge in [-0.05, 0) is 52.4 Å². The summed E-state index contributed by atoms with van der Waals surface area (Å²) in [5, 5.41) is 3.83. The van der Waals surface area contributed by atoms with Crippen LogP contribution in [0.2, 0.25) is 0 Å². The zero-order valence-corrected chi connectivity index (χ0v) is 15.8. The van der Waals surface area contributed by atoms with E-state index in [1.165, 1.54) is 6.08 Å². The third kappa shape index (κ3) is 6.81. The van der Waals surface area contributed by atoms with Gasteiger partial charge in [0.25, 0.3) is 0 Å². The van der Waals surface area contributed by atoms with E-state index in [1.807, 2.05) is 36.4 Å². The van der Waals surface area contributed by atoms with Crippen LogP contribution in [0.1, 0.15) is 12.0 Å². The van der Waals surface area contributed by atoms with E-state index < -0.39 is 10.0 Å². The van der Waals surface area contributed by atoms with E-state index in [1.54, 1.807) is 18.2 Å². The molecule has 0 heterocycles. The fraction of sp³-hybridized carbons (Fsp3) is 0.118. The van der Waals surface area contributed by atoms with Gasteiger partial charge >= 0.3 is 0 Å². The largest absolute Gasteiger partial charge is 0.326 e. The molecule has 0 saturated heterocycles. The summed E-state index contributed by atoms with van der Waals surface area (Å²) < 4.78 is 27.1. The number of nitrogens with one attached hydrogen (secondary N) is 2. The first-order valence-corrected chi connectivity index (χ1v) is 9.85. The summed E-state index contributed by atoms with van der Waals surface area (Å²) in [5.74, 6) is -0.244. The van der Waals surface area contributed by atoms with Crippen molar-refractivity contribution >= 4 is 50.3 Å². The van der Waals surface area contributed by atoms with Gasteiger partial charge in [0.2, 0.25) is 15.9 Å². The summed E-state index contributed by atoms with van der Waals surface area (Å²) in [4.78, 5) is 11.8. The predicted molar refractivity (Wildman–Crippen MR) is 105 cm³/mol. The van der Waals surface area contributed by atoms with Crippen molar-refractivity contribution in [2.24, 2.45) is 0 Å². The molecule has 1 amide bonds. The van der Waals surface area contributed by atoms with Gasteiger partial charge in [0, 0.05) is 27.6 Å². The normalized spacial score (nSPS) is 11.5. The van der Waals surface area contributed by atoms with E-state index in [-0.39, 0.29) is 18.9 Å². The lowest BCUT2D eigenvalue weighted by Crippen LogP contribution is -2.26. The molecule has 0 aromatic heterocycles. The molecule has 0 radical (unpaired) electrons. The molecule has 2 N–H and O–H groups in total. The second-order valence-electron chi connectivity index (χ2n) is 4.96. The lowest BCUT2D eigenvalue weighted by molar-refractivity contribution is -0.116. The number of carbonyl (C=O) groups excluding carboxylic acids is 1. The number of benzene rings is 2. The van der Waals surface area contributed by atoms with Crippen LogP contribution in [0.4, 0.5) is 5.69 Å². The van der Waals surface area contributed by atoms with Gasteiger partial charge in [0.05, 0.1) is 0 Å². The SMILES string of the molecule is O=C(CCNS(=O)(=O)/C=C/c1ccccc1)Nc1cccc(I)c1. The van der Waals surface area contributed by atoms with E-state index in [4.69, 9.17) is 0 Å². The van der Waals surface area contributed by atoms with Crippen LogP contribution in [-0.2, 0) is 14.8 Å². The fourth-order valence-electron chi connectivity index (χ4n) is 1.88. The van der Waals surface area contributed by atoms with Crippen molar-refractivity contribution in [2.75, 3.05) is 11.9 Å². The lowest BCUT2D eigenvalue weighted by atomic mass is 10.2. The molecule has 0 aliphatic rings. The number of anilines is 1. The van der Waals surface area contributed by atoms with Gasteiger partial charge in [-0.2, -0.15) is 0 Å². The van der Waals surface area contributed by atoms with Crippen molar-refractivity contribution in [3.8, 4) is 0 Å². The van der Waals surface area contributed by atoms with Crippen molar-refractivity contribution in [2.45, 2.75) is 6.42 Å². The van der Waals surface area contributed by atoms with Gasteiger partial charge in [0.15, 0.2) is 0 Å². The minimum absolute atomic E-state index is 0.0389. The molecule has 24 heavy (non-hydrogen) atoms. The predicted octanol–water partition coefficient (Wildman–Crippen LogP) is 3.21. The Morgan fingerprint density at radius 3 is 2.54 bits per heavy atom. The highest BCUT2D eigenvalue weighted by Crippen LogP contribution is 2.12. The molecule has 0 unspecified atom stereocenters. The summed E-state index contributed by atoms with van der Waals surface area (Å²) in [7, 11) is -3.57. The van der Waals surface area contributed by atoms with E-state index in [0.717, 1.165) is 14.5 Å². The van der Waals surface area contributed by atoms with Gasteiger partial charge < -0.3 is 5.32 Å². The minimum Gasteiger partial charge on any atom is -0.326 e. The number of hydrogen-bond acceptors (Lipinski definition) is 3. The molecule has 2 aromatic rings. The topological polar surface area (TPSA) is 75.3 Å². The average Bonchev–Trinajstić information content (AvgIpc) is 2.54. The number of sulfonamides is 1. The van der Waals surface area contributed by atoms with Crippen LogP contribution in [0.5, 0.6) is 0 Å². The average molecular weight is 456 g/mol. The number of rotatable bonds is 7. The molecule has 0 fully saturated rings. The third-order valence-electron chi connectivity index (χ3n) is 3.00. The summed E-state index contributed by atoms with van der Waals surface area (Å²) >= 11 is 2.15. The van der Waals surface area contributed by atoms with Crippen molar-refractivity contribution in [1.29, 1.82) is 0 Å². The minimum atomic E-state index is -3.57. The summed E-state index contributed by atoms with van der Waals surface area (Å²) in [6, 6.07) is 16.5. The third-order valence-corrected chi connectivity index (χ3v) is 4.77. The quantitative estimate of drug-likeness (QED) is 0.629. The van der Waals surface area contributed by atoms with Crippen LogP contribution >= 0.6 is 22.6 Å². The van der Waals surface area contributed by atoms with Gasteiger partial charge in [-0.3, -0.25) is 4.79 Å². The summed E-state index contributed by atoms with van der Waals surface area (Å²) in [5.41, 5.74) is 1.48. The molecular weight excluding hydrogens is 439 g/mol. The van der Waals surface area contributed by atoms with Crippen LogP contribution in [0.25, 0.3) is 6.08 Å². The first-order valence-electron chi connectivity index (χ1n) is 7.23. The fourth-order valence-corrected chi connectivity index (χ4v) is 3.24. The molecular formula is C17H17IN2O3S. The Labute approximate surface area is 155 Å². The smallest absolute Gasteiger partial charge is 0.233 e. The van der Waals surface area contributed by atoms with Crippen molar-refractivity contribution < 1.29 is 13.2 Å². The molecule has 0 bridgehead atoms. The molecule has 126 valence electrons. The molecule has 0 atom stereocenters. The van der Waals surface area contributed by atoms with Crippen molar-refractivity contribution in [3.63, 3.8) is 0 Å². The maximum absolute atomic E-state index is 11.9. The molecule has 0 saturated carbocycles. The number of carbonyl (C=O) groups is 1. The molecule has 2 rings (SSSR count). The highest BCUT2D eigenvalue weighted by Gasteiger charge is 2.07. The Balaban J connectivity index is 1.80. The van der Waals surface area contributed by atoms with Gasteiger partial charge in [-0.1, -0.05) is 36.4 Å². The van der Waals surface area contributed by atoms with Crippen LogP contribution in [-0.4, -0.2) is 20.9 Å². The van der Waals surface area contributed by atoms with Crippen LogP contribution < -0.4 is 10.0 Å². The molecule has 7 heteroatoms. The first-order chi connectivity index (χ1) is 11.4. The summed E-state index contributed by atoms with van der Waals surface area (Å²) in [6.45, 7) is 0.0389. The second-order valence-corrected chi connectivity index (χ2v) is 7.86. The highest BCUT2D eigenvalue weighted by molar-refractivity contribution is 14.1. The van der Waals surface area contributed by atoms with E-state index >= 15 is 0 Å². The second kappa shape index (κ2) is 8.95. The van der Waals surface area contributed by atoms with Crippen molar-refractivity contribution in [1.82, 2.24) is 4.72 Å². The van der Waals surface area contributed by atoms with Gasteiger partial charge in [-0.15, -0.1) is 0 Å². The molecule has 5 nitrogen and oxygen atoms in total. The van der Waals surface area contributed by atoms with Crippen molar-refractivity contribution in [3.05, 3.63) is 69.1 Å². The Kier molecular flexibility index (Phi) is 6.95. The van der Waals surface area contributed by atoms with Crippen LogP contribution in [0.3, 0.4) is 0 Å². The number of hydrogen-bond donors (Lipinski definition) is 2. The Hall–Kier alpha value is -1.71. The van der Waals surface area contributed by atoms with E-state index in [2.05, 4.69) is 32.6 Å². The zero-order valence-electron chi connectivity index (χ0n) is 12.8. The Bertz CT molecular complexity index is 821. The Morgan fingerprint density at radius 1 is 1.08 bits per heavy atom. The summed E-state index contributed by atoms with van der Waals surface area (Å²) in [6.07, 6.45) is 1.57. The van der Waals surface area contributed by atoms with Crippen LogP contribution in [0.15, 0.2) is 60.0 Å². The first kappa shape index (κ1) is 18.6. The van der Waals surface area contributed by atoms with E-state index in [0.29, 0.717) is 5.69 Å². The zero-order chi connectivity index (χ0) is 17.4. The highest BCUT2D eigenvalue weighted by atomic mass is 127. The molecule has 2 aromatic carbocycles. The monoisotopic (exact) mass is 456 g/mol. The van der Waals surface area contributed by atoms with Gasteiger partial charge in [0.1, 0.15) is 0 Å².